The van der Waals surface area contributed by atoms with Crippen molar-refractivity contribution in [2.45, 2.75) is 25.4 Å². The molecule has 112 valence electrons. The number of ether oxygens (including phenoxy) is 1. The lowest BCUT2D eigenvalue weighted by Gasteiger charge is -2.18. The molecule has 1 fully saturated rings. The zero-order valence-electron chi connectivity index (χ0n) is 11.6. The van der Waals surface area contributed by atoms with E-state index in [0.717, 1.165) is 35.0 Å². The third-order valence-electron chi connectivity index (χ3n) is 4.04. The number of halogens is 1. The monoisotopic (exact) mass is 351 g/mol. The lowest BCUT2D eigenvalue weighted by molar-refractivity contribution is -0.118. The highest BCUT2D eigenvalue weighted by Crippen LogP contribution is 2.29. The molecular weight excluding hydrogens is 334 g/mol. The van der Waals surface area contributed by atoms with E-state index in [-0.39, 0.29) is 12.0 Å². The number of nitrogens with one attached hydrogen (secondary N) is 1. The molecule has 0 radical (unpaired) electrons. The second-order valence-electron chi connectivity index (χ2n) is 5.68. The zero-order chi connectivity index (χ0) is 14.8. The van der Waals surface area contributed by atoms with Gasteiger partial charge in [0.1, 0.15) is 12.4 Å². The Labute approximate surface area is 132 Å². The minimum Gasteiger partial charge on any atom is -0.488 e. The van der Waals surface area contributed by atoms with Gasteiger partial charge in [-0.3, -0.25) is 4.79 Å². The van der Waals surface area contributed by atoms with Crippen molar-refractivity contribution < 1.29 is 14.6 Å². The van der Waals surface area contributed by atoms with Gasteiger partial charge in [-0.1, -0.05) is 15.9 Å². The van der Waals surface area contributed by atoms with Gasteiger partial charge in [-0.2, -0.15) is 0 Å². The van der Waals surface area contributed by atoms with Crippen molar-refractivity contribution in [2.75, 3.05) is 13.2 Å². The molecule has 2 N–H and O–H groups in total. The van der Waals surface area contributed by atoms with E-state index < -0.39 is 0 Å². The average Bonchev–Trinajstić information content (AvgIpc) is 2.89. The van der Waals surface area contributed by atoms with Gasteiger partial charge in [0.2, 0.25) is 0 Å². The molecule has 0 aromatic heterocycles. The smallest absolute Gasteiger partial charge is 0.250 e. The van der Waals surface area contributed by atoms with Crippen molar-refractivity contribution >= 4 is 27.9 Å². The number of carbonyl (C=O) groups excluding carboxylic acids is 1. The van der Waals surface area contributed by atoms with Crippen molar-refractivity contribution in [3.05, 3.63) is 33.8 Å². The maximum absolute atomic E-state index is 12.2. The van der Waals surface area contributed by atoms with E-state index in [4.69, 9.17) is 4.74 Å². The van der Waals surface area contributed by atoms with Gasteiger partial charge in [0.15, 0.2) is 0 Å². The molecule has 1 amide bonds. The number of amides is 1. The van der Waals surface area contributed by atoms with Crippen LogP contribution in [-0.2, 0) is 4.79 Å². The molecule has 1 saturated carbocycles. The minimum absolute atomic E-state index is 0.0815. The molecule has 0 saturated heterocycles. The number of aliphatic hydroxyl groups excluding tert-OH is 1. The molecule has 4 nitrogen and oxygen atoms in total. The van der Waals surface area contributed by atoms with Crippen LogP contribution in [0.15, 0.2) is 28.2 Å². The van der Waals surface area contributed by atoms with E-state index in [2.05, 4.69) is 21.2 Å². The highest BCUT2D eigenvalue weighted by molar-refractivity contribution is 9.10. The van der Waals surface area contributed by atoms with Crippen molar-refractivity contribution in [1.29, 1.82) is 0 Å². The Bertz CT molecular complexity index is 585. The zero-order valence-corrected chi connectivity index (χ0v) is 13.2. The molecule has 2 unspecified atom stereocenters. The summed E-state index contributed by atoms with van der Waals surface area (Å²) in [4.78, 5) is 12.2. The van der Waals surface area contributed by atoms with Gasteiger partial charge < -0.3 is 15.2 Å². The van der Waals surface area contributed by atoms with Crippen LogP contribution in [0.2, 0.25) is 0 Å². The van der Waals surface area contributed by atoms with Gasteiger partial charge in [-0.15, -0.1) is 0 Å². The molecule has 2 aliphatic rings. The second-order valence-corrected chi connectivity index (χ2v) is 6.60. The van der Waals surface area contributed by atoms with Gasteiger partial charge >= 0.3 is 0 Å². The van der Waals surface area contributed by atoms with Gasteiger partial charge in [-0.05, 0) is 49.5 Å². The Morgan fingerprint density at radius 1 is 1.43 bits per heavy atom. The van der Waals surface area contributed by atoms with E-state index in [1.807, 2.05) is 24.3 Å². The second kappa shape index (κ2) is 6.20. The Morgan fingerprint density at radius 3 is 3.05 bits per heavy atom. The highest BCUT2D eigenvalue weighted by atomic mass is 79.9. The maximum atomic E-state index is 12.2. The van der Waals surface area contributed by atoms with Crippen LogP contribution in [0.25, 0.3) is 6.08 Å². The molecule has 21 heavy (non-hydrogen) atoms. The summed E-state index contributed by atoms with van der Waals surface area (Å²) in [6, 6.07) is 5.75. The van der Waals surface area contributed by atoms with Crippen LogP contribution < -0.4 is 10.1 Å². The molecule has 1 aliphatic carbocycles. The van der Waals surface area contributed by atoms with Crippen LogP contribution in [0.1, 0.15) is 24.8 Å². The fourth-order valence-electron chi connectivity index (χ4n) is 2.86. The fourth-order valence-corrected chi connectivity index (χ4v) is 3.24. The third-order valence-corrected chi connectivity index (χ3v) is 4.53. The lowest BCUT2D eigenvalue weighted by atomic mass is 10.1. The van der Waals surface area contributed by atoms with Gasteiger partial charge in [0.25, 0.3) is 5.91 Å². The van der Waals surface area contributed by atoms with Crippen LogP contribution >= 0.6 is 15.9 Å². The molecule has 2 atom stereocenters. The number of hydrogen-bond donors (Lipinski definition) is 2. The summed E-state index contributed by atoms with van der Waals surface area (Å²) in [6.07, 6.45) is 4.28. The Kier molecular flexibility index (Phi) is 4.31. The van der Waals surface area contributed by atoms with E-state index in [1.165, 1.54) is 0 Å². The molecular formula is C16H18BrNO3. The quantitative estimate of drug-likeness (QED) is 0.879. The first kappa shape index (κ1) is 14.6. The van der Waals surface area contributed by atoms with Crippen molar-refractivity contribution in [2.24, 2.45) is 5.92 Å². The summed E-state index contributed by atoms with van der Waals surface area (Å²) in [5.41, 5.74) is 1.55. The van der Waals surface area contributed by atoms with Crippen LogP contribution in [0, 0.1) is 5.92 Å². The summed E-state index contributed by atoms with van der Waals surface area (Å²) >= 11 is 3.42. The molecule has 0 spiro atoms. The van der Waals surface area contributed by atoms with Crippen LogP contribution in [0.5, 0.6) is 5.75 Å². The summed E-state index contributed by atoms with van der Waals surface area (Å²) < 4.78 is 6.57. The average molecular weight is 352 g/mol. The first-order valence-electron chi connectivity index (χ1n) is 7.21. The normalized spacial score (nSPS) is 24.0. The van der Waals surface area contributed by atoms with E-state index >= 15 is 0 Å². The molecule has 1 aromatic rings. The number of carbonyl (C=O) groups is 1. The number of rotatable bonds is 3. The van der Waals surface area contributed by atoms with Gasteiger partial charge in [0.05, 0.1) is 11.7 Å². The van der Waals surface area contributed by atoms with Gasteiger partial charge in [0, 0.05) is 16.6 Å². The molecule has 1 aliphatic heterocycles. The first-order chi connectivity index (χ1) is 10.1. The first-order valence-corrected chi connectivity index (χ1v) is 8.00. The van der Waals surface area contributed by atoms with Crippen LogP contribution in [0.4, 0.5) is 0 Å². The molecule has 1 heterocycles. The van der Waals surface area contributed by atoms with Crippen molar-refractivity contribution in [1.82, 2.24) is 5.32 Å². The van der Waals surface area contributed by atoms with E-state index in [9.17, 15) is 9.90 Å². The summed E-state index contributed by atoms with van der Waals surface area (Å²) in [5.74, 6) is 1.10. The van der Waals surface area contributed by atoms with Crippen LogP contribution in [-0.4, -0.2) is 30.3 Å². The molecule has 5 heteroatoms. The topological polar surface area (TPSA) is 58.6 Å². The fraction of sp³-hybridized carbons (Fsp3) is 0.438. The van der Waals surface area contributed by atoms with E-state index in [0.29, 0.717) is 24.6 Å². The standard InChI is InChI=1S/C16H18BrNO3/c17-13-2-4-15-11(7-13)6-12(9-21-15)16(20)18-8-10-1-3-14(19)5-10/h2,4,6-7,10,14,19H,1,3,5,8-9H2,(H,18,20). The molecule has 0 bridgehead atoms. The number of hydrogen-bond acceptors (Lipinski definition) is 3. The SMILES string of the molecule is O=C(NCC1CCC(O)C1)C1=Cc2cc(Br)ccc2OC1. The number of benzene rings is 1. The third kappa shape index (κ3) is 3.47. The Hall–Kier alpha value is -1.33. The Balaban J connectivity index is 1.63. The van der Waals surface area contributed by atoms with Crippen LogP contribution in [0.3, 0.4) is 0 Å². The largest absolute Gasteiger partial charge is 0.488 e. The van der Waals surface area contributed by atoms with Crippen molar-refractivity contribution in [3.8, 4) is 5.75 Å². The summed E-state index contributed by atoms with van der Waals surface area (Å²) in [5, 5.41) is 12.5. The van der Waals surface area contributed by atoms with Gasteiger partial charge in [-0.25, -0.2) is 0 Å². The summed E-state index contributed by atoms with van der Waals surface area (Å²) in [6.45, 7) is 0.923. The molecule has 3 rings (SSSR count). The molecule has 1 aromatic carbocycles. The predicted molar refractivity (Wildman–Crippen MR) is 84.0 cm³/mol. The minimum atomic E-state index is -0.201. The predicted octanol–water partition coefficient (Wildman–Crippen LogP) is 2.50. The highest BCUT2D eigenvalue weighted by Gasteiger charge is 2.24. The number of fused-ring (bicyclic) bond motifs is 1. The lowest BCUT2D eigenvalue weighted by Crippen LogP contribution is -2.32. The summed E-state index contributed by atoms with van der Waals surface area (Å²) in [7, 11) is 0. The number of aliphatic hydroxyl groups is 1. The van der Waals surface area contributed by atoms with Crippen molar-refractivity contribution in [3.63, 3.8) is 0 Å². The maximum Gasteiger partial charge on any atom is 0.250 e. The van der Waals surface area contributed by atoms with E-state index in [1.54, 1.807) is 0 Å². The Morgan fingerprint density at radius 2 is 2.29 bits per heavy atom.